The molecule has 2 saturated heterocycles. The van der Waals surface area contributed by atoms with Crippen molar-refractivity contribution < 1.29 is 28.6 Å². The van der Waals surface area contributed by atoms with Gasteiger partial charge in [-0.2, -0.15) is 0 Å². The predicted octanol–water partition coefficient (Wildman–Crippen LogP) is 5.92. The number of likely N-dealkylation sites (tertiary alicyclic amines) is 1. The third-order valence-corrected chi connectivity index (χ3v) is 9.76. The number of amides is 1. The Morgan fingerprint density at radius 1 is 1.15 bits per heavy atom. The summed E-state index contributed by atoms with van der Waals surface area (Å²) in [4.78, 5) is 28.5. The van der Waals surface area contributed by atoms with Gasteiger partial charge in [-0.1, -0.05) is 23.2 Å². The molecule has 1 amide bonds. The zero-order valence-corrected chi connectivity index (χ0v) is 24.1. The Morgan fingerprint density at radius 3 is 2.40 bits per heavy atom. The molecule has 1 N–H and O–H groups in total. The molecule has 4 aliphatic rings. The lowest BCUT2D eigenvalue weighted by Crippen LogP contribution is -2.44. The molecule has 214 valence electrons. The summed E-state index contributed by atoms with van der Waals surface area (Å²) in [7, 11) is 0. The van der Waals surface area contributed by atoms with Gasteiger partial charge < -0.3 is 14.6 Å². The highest BCUT2D eigenvalue weighted by molar-refractivity contribution is 6.34. The van der Waals surface area contributed by atoms with E-state index in [1.54, 1.807) is 19.1 Å². The van der Waals surface area contributed by atoms with Crippen LogP contribution in [0.4, 0.5) is 4.39 Å². The van der Waals surface area contributed by atoms with Crippen molar-refractivity contribution in [3.8, 4) is 5.75 Å². The third kappa shape index (κ3) is 5.08. The number of rotatable bonds is 8. The van der Waals surface area contributed by atoms with Gasteiger partial charge in [-0.25, -0.2) is 9.18 Å². The van der Waals surface area contributed by atoms with Crippen LogP contribution in [0.15, 0.2) is 30.3 Å². The first-order valence-corrected chi connectivity index (χ1v) is 14.6. The molecule has 2 aliphatic heterocycles. The summed E-state index contributed by atoms with van der Waals surface area (Å²) >= 11 is 12.4. The molecule has 2 aromatic carbocycles. The number of carbonyl (C=O) groups is 2. The van der Waals surface area contributed by atoms with E-state index >= 15 is 4.39 Å². The van der Waals surface area contributed by atoms with Crippen molar-refractivity contribution in [3.63, 3.8) is 0 Å². The lowest BCUT2D eigenvalue weighted by Gasteiger charge is -2.36. The predicted molar refractivity (Wildman–Crippen MR) is 148 cm³/mol. The van der Waals surface area contributed by atoms with Crippen molar-refractivity contribution in [2.75, 3.05) is 26.4 Å². The van der Waals surface area contributed by atoms with E-state index in [4.69, 9.17) is 32.7 Å². The van der Waals surface area contributed by atoms with E-state index in [0.717, 1.165) is 54.8 Å². The highest BCUT2D eigenvalue weighted by Gasteiger charge is 2.71. The summed E-state index contributed by atoms with van der Waals surface area (Å²) in [5.74, 6) is -1.16. The SMILES string of the molecule is C[C@H]1OCN(C(=O)c2cc(C34CC3C4)c(OCC3CCN([C@@H](C)c4cc(Cl)cc(Cl)c4)CC3)cc2F)[C@@H]1C(=O)O. The molecule has 2 aromatic rings. The van der Waals surface area contributed by atoms with E-state index < -0.39 is 29.8 Å². The monoisotopic (exact) mass is 590 g/mol. The number of nitrogens with zero attached hydrogens (tertiary/aromatic N) is 2. The maximum absolute atomic E-state index is 15.4. The van der Waals surface area contributed by atoms with Crippen LogP contribution in [-0.4, -0.2) is 65.4 Å². The maximum atomic E-state index is 15.4. The minimum atomic E-state index is -1.17. The van der Waals surface area contributed by atoms with Crippen LogP contribution in [-0.2, 0) is 14.9 Å². The van der Waals surface area contributed by atoms with Crippen LogP contribution in [0.2, 0.25) is 10.0 Å². The lowest BCUT2D eigenvalue weighted by molar-refractivity contribution is -0.142. The number of ether oxygens (including phenoxy) is 2. The standard InChI is InChI=1S/C30H33Cl2FN2O5/c1-16(19-7-21(31)9-22(32)8-19)34-5-3-18(4-6-34)14-39-26-11-25(33)23(10-24(26)30-12-20(30)13-30)28(36)35-15-40-17(2)27(35)29(37)38/h7-11,16-18,20,27H,3-6,12-15H2,1-2H3,(H,37,38)/t16-,17+,20?,27-,30?/m0/s1. The van der Waals surface area contributed by atoms with Gasteiger partial charge in [0, 0.05) is 33.1 Å². The second kappa shape index (κ2) is 10.5. The van der Waals surface area contributed by atoms with Crippen molar-refractivity contribution in [2.24, 2.45) is 11.8 Å². The van der Waals surface area contributed by atoms with E-state index in [1.807, 2.05) is 12.1 Å². The number of fused-ring (bicyclic) bond motifs is 1. The normalized spacial score (nSPS) is 28.7. The van der Waals surface area contributed by atoms with E-state index in [2.05, 4.69) is 11.8 Å². The molecule has 3 atom stereocenters. The first kappa shape index (κ1) is 27.8. The molecule has 2 saturated carbocycles. The summed E-state index contributed by atoms with van der Waals surface area (Å²) < 4.78 is 27.0. The summed E-state index contributed by atoms with van der Waals surface area (Å²) in [6, 6.07) is 7.61. The number of aliphatic carboxylic acids is 1. The summed E-state index contributed by atoms with van der Waals surface area (Å²) in [6.07, 6.45) is 3.25. The van der Waals surface area contributed by atoms with Crippen molar-refractivity contribution in [2.45, 2.75) is 63.1 Å². The van der Waals surface area contributed by atoms with E-state index in [0.29, 0.717) is 34.2 Å². The number of carboxylic acids is 1. The Labute approximate surface area is 243 Å². The van der Waals surface area contributed by atoms with Crippen LogP contribution in [0.25, 0.3) is 0 Å². The Balaban J connectivity index is 1.13. The fourth-order valence-corrected chi connectivity index (χ4v) is 6.95. The van der Waals surface area contributed by atoms with Gasteiger partial charge in [0.2, 0.25) is 0 Å². The molecule has 6 rings (SSSR count). The second-order valence-corrected chi connectivity index (χ2v) is 12.7. The number of piperidine rings is 1. The minimum Gasteiger partial charge on any atom is -0.493 e. The fourth-order valence-electron chi connectivity index (χ4n) is 6.41. The van der Waals surface area contributed by atoms with Crippen LogP contribution in [0.1, 0.15) is 67.1 Å². The average Bonchev–Trinajstić information content (AvgIpc) is 3.75. The van der Waals surface area contributed by atoms with E-state index in [9.17, 15) is 14.7 Å². The molecule has 0 unspecified atom stereocenters. The van der Waals surface area contributed by atoms with E-state index in [1.165, 1.54) is 6.07 Å². The van der Waals surface area contributed by atoms with Crippen LogP contribution in [0.5, 0.6) is 5.75 Å². The maximum Gasteiger partial charge on any atom is 0.329 e. The Kier molecular flexibility index (Phi) is 7.26. The molecular weight excluding hydrogens is 558 g/mol. The first-order valence-electron chi connectivity index (χ1n) is 13.9. The van der Waals surface area contributed by atoms with Crippen molar-refractivity contribution >= 4 is 35.1 Å². The Hall–Kier alpha value is -2.39. The van der Waals surface area contributed by atoms with Gasteiger partial charge in [-0.05, 0) is 94.3 Å². The molecular formula is C30H33Cl2FN2O5. The summed E-state index contributed by atoms with van der Waals surface area (Å²) in [6.45, 7) is 5.86. The average molecular weight is 592 g/mol. The second-order valence-electron chi connectivity index (χ2n) is 11.8. The van der Waals surface area contributed by atoms with Gasteiger partial charge in [0.05, 0.1) is 18.3 Å². The van der Waals surface area contributed by atoms with Gasteiger partial charge in [0.1, 0.15) is 18.3 Å². The lowest BCUT2D eigenvalue weighted by atomic mass is 9.95. The molecule has 0 spiro atoms. The number of carbonyl (C=O) groups excluding carboxylic acids is 1. The first-order chi connectivity index (χ1) is 19.1. The third-order valence-electron chi connectivity index (χ3n) is 9.33. The van der Waals surface area contributed by atoms with Gasteiger partial charge in [-0.3, -0.25) is 14.6 Å². The largest absolute Gasteiger partial charge is 0.493 e. The highest BCUT2D eigenvalue weighted by Crippen LogP contribution is 2.76. The fraction of sp³-hybridized carbons (Fsp3) is 0.533. The number of hydrogen-bond acceptors (Lipinski definition) is 5. The summed E-state index contributed by atoms with van der Waals surface area (Å²) in [5.41, 5.74) is 1.80. The zero-order chi connectivity index (χ0) is 28.3. The van der Waals surface area contributed by atoms with Crippen molar-refractivity contribution in [1.82, 2.24) is 9.80 Å². The van der Waals surface area contributed by atoms with Crippen LogP contribution in [0, 0.1) is 17.7 Å². The molecule has 7 nitrogen and oxygen atoms in total. The molecule has 0 radical (unpaired) electrons. The molecule has 40 heavy (non-hydrogen) atoms. The minimum absolute atomic E-state index is 0.0317. The molecule has 4 fully saturated rings. The van der Waals surface area contributed by atoms with Crippen molar-refractivity contribution in [3.05, 3.63) is 62.9 Å². The van der Waals surface area contributed by atoms with Crippen LogP contribution in [0.3, 0.4) is 0 Å². The molecule has 2 heterocycles. The van der Waals surface area contributed by atoms with Gasteiger partial charge in [0.15, 0.2) is 6.04 Å². The quantitative estimate of drug-likeness (QED) is 0.411. The van der Waals surface area contributed by atoms with Crippen LogP contribution < -0.4 is 4.74 Å². The zero-order valence-electron chi connectivity index (χ0n) is 22.5. The molecule has 0 aromatic heterocycles. The van der Waals surface area contributed by atoms with Gasteiger partial charge in [-0.15, -0.1) is 0 Å². The number of halogens is 3. The topological polar surface area (TPSA) is 79.3 Å². The highest BCUT2D eigenvalue weighted by atomic mass is 35.5. The summed E-state index contributed by atoms with van der Waals surface area (Å²) in [5, 5.41) is 10.8. The number of benzene rings is 2. The smallest absolute Gasteiger partial charge is 0.329 e. The molecule has 0 bridgehead atoms. The van der Waals surface area contributed by atoms with Crippen molar-refractivity contribution in [1.29, 1.82) is 0 Å². The Bertz CT molecular complexity index is 1320. The van der Waals surface area contributed by atoms with Gasteiger partial charge in [0.25, 0.3) is 5.91 Å². The van der Waals surface area contributed by atoms with Crippen LogP contribution >= 0.6 is 23.2 Å². The molecule has 10 heteroatoms. The Morgan fingerprint density at radius 2 is 1.80 bits per heavy atom. The molecule has 2 aliphatic carbocycles. The number of hydrogen-bond donors (Lipinski definition) is 1. The van der Waals surface area contributed by atoms with E-state index in [-0.39, 0.29) is 23.8 Å². The number of carboxylic acid groups (broad SMARTS) is 1. The van der Waals surface area contributed by atoms with Gasteiger partial charge >= 0.3 is 5.97 Å².